The number of esters is 1. The Morgan fingerprint density at radius 1 is 1.11 bits per heavy atom. The lowest BCUT2D eigenvalue weighted by Gasteiger charge is -2.36. The van der Waals surface area contributed by atoms with E-state index in [1.807, 2.05) is 4.90 Å². The number of carbonyl (C=O) groups is 2. The number of hydrogen-bond donors (Lipinski definition) is 0. The van der Waals surface area contributed by atoms with Gasteiger partial charge < -0.3 is 14.5 Å². The summed E-state index contributed by atoms with van der Waals surface area (Å²) in [6.07, 6.45) is 0. The Balaban J connectivity index is 1.96. The molecule has 1 aromatic heterocycles. The third-order valence-electron chi connectivity index (χ3n) is 4.39. The van der Waals surface area contributed by atoms with E-state index < -0.39 is 11.3 Å². The molecule has 2 heterocycles. The molecule has 1 aliphatic heterocycles. The zero-order valence-corrected chi connectivity index (χ0v) is 17.7. The number of carbonyl (C=O) groups excluding carboxylic acids is 2. The maximum Gasteiger partial charge on any atom is 0.360 e. The van der Waals surface area contributed by atoms with Crippen LogP contribution < -0.4 is 4.90 Å². The van der Waals surface area contributed by atoms with Crippen LogP contribution in [0.1, 0.15) is 24.3 Å². The molecule has 1 saturated heterocycles. The monoisotopic (exact) mass is 444 g/mol. The zero-order valence-electron chi connectivity index (χ0n) is 15.4. The summed E-state index contributed by atoms with van der Waals surface area (Å²) in [6.45, 7) is 5.51. The van der Waals surface area contributed by atoms with Gasteiger partial charge in [0.25, 0.3) is 0 Å². The maximum atomic E-state index is 12.5. The van der Waals surface area contributed by atoms with Gasteiger partial charge >= 0.3 is 5.97 Å². The lowest BCUT2D eigenvalue weighted by molar-refractivity contribution is -0.130. The molecule has 2 aromatic rings. The first kappa shape index (κ1) is 20.9. The molecular formula is C18H19Cl3N4O3. The number of rotatable bonds is 4. The second kappa shape index (κ2) is 8.68. The molecule has 0 unspecified atom stereocenters. The highest BCUT2D eigenvalue weighted by Gasteiger charge is 2.28. The number of fused-ring (bicyclic) bond motifs is 1. The Morgan fingerprint density at radius 2 is 1.68 bits per heavy atom. The van der Waals surface area contributed by atoms with E-state index in [0.717, 1.165) is 0 Å². The molecule has 0 saturated carbocycles. The molecule has 1 aliphatic rings. The second-order valence-corrected chi connectivity index (χ2v) is 7.77. The molecule has 0 spiro atoms. The number of benzene rings is 1. The molecule has 1 fully saturated rings. The molecule has 150 valence electrons. The molecule has 7 nitrogen and oxygen atoms in total. The summed E-state index contributed by atoms with van der Waals surface area (Å²) in [4.78, 5) is 37.2. The van der Waals surface area contributed by atoms with Gasteiger partial charge in [-0.2, -0.15) is 0 Å². The van der Waals surface area contributed by atoms with Gasteiger partial charge in [0, 0.05) is 26.2 Å². The minimum Gasteiger partial charge on any atom is -0.461 e. The van der Waals surface area contributed by atoms with Crippen molar-refractivity contribution in [1.82, 2.24) is 14.9 Å². The van der Waals surface area contributed by atoms with Crippen molar-refractivity contribution in [2.24, 2.45) is 0 Å². The maximum absolute atomic E-state index is 12.5. The topological polar surface area (TPSA) is 75.6 Å². The first-order valence-electron chi connectivity index (χ1n) is 8.83. The summed E-state index contributed by atoms with van der Waals surface area (Å²) >= 11 is 18.1. The minimum absolute atomic E-state index is 0.109. The van der Waals surface area contributed by atoms with E-state index in [-0.39, 0.29) is 18.2 Å². The van der Waals surface area contributed by atoms with Crippen LogP contribution in [0, 0.1) is 0 Å². The number of ether oxygens (including phenoxy) is 1. The van der Waals surface area contributed by atoms with E-state index in [1.54, 1.807) is 30.9 Å². The molecule has 10 heteroatoms. The highest BCUT2D eigenvalue weighted by molar-refractivity contribution is 6.42. The highest BCUT2D eigenvalue weighted by atomic mass is 35.5. The van der Waals surface area contributed by atoms with Crippen LogP contribution in [-0.4, -0.2) is 64.9 Å². The van der Waals surface area contributed by atoms with Gasteiger partial charge in [0.1, 0.15) is 5.38 Å². The normalized spacial score (nSPS) is 15.6. The van der Waals surface area contributed by atoms with Crippen LogP contribution in [0.15, 0.2) is 12.1 Å². The van der Waals surface area contributed by atoms with Crippen LogP contribution in [0.2, 0.25) is 10.0 Å². The zero-order chi connectivity index (χ0) is 20.4. The summed E-state index contributed by atoms with van der Waals surface area (Å²) in [6, 6.07) is 3.18. The number of amides is 1. The van der Waals surface area contributed by atoms with Gasteiger partial charge in [-0.1, -0.05) is 23.2 Å². The molecule has 1 amide bonds. The number of halogens is 3. The van der Waals surface area contributed by atoms with Crippen molar-refractivity contribution < 1.29 is 14.3 Å². The van der Waals surface area contributed by atoms with Crippen molar-refractivity contribution in [3.63, 3.8) is 0 Å². The predicted octanol–water partition coefficient (Wildman–Crippen LogP) is 3.39. The third kappa shape index (κ3) is 4.26. The van der Waals surface area contributed by atoms with E-state index in [2.05, 4.69) is 9.97 Å². The number of piperazine rings is 1. The SMILES string of the molecule is CCOC(=O)c1nc2cc(Cl)c(Cl)cc2nc1N1CCN(C(=O)[C@H](C)Cl)CC1. The van der Waals surface area contributed by atoms with Gasteiger partial charge in [0.2, 0.25) is 5.91 Å². The summed E-state index contributed by atoms with van der Waals surface area (Å²) in [5.74, 6) is -0.279. The summed E-state index contributed by atoms with van der Waals surface area (Å²) in [7, 11) is 0. The van der Waals surface area contributed by atoms with Crippen molar-refractivity contribution >= 4 is 63.5 Å². The Labute approximate surface area is 177 Å². The van der Waals surface area contributed by atoms with Crippen LogP contribution >= 0.6 is 34.8 Å². The fraction of sp³-hybridized carbons (Fsp3) is 0.444. The van der Waals surface area contributed by atoms with Gasteiger partial charge in [-0.15, -0.1) is 11.6 Å². The lowest BCUT2D eigenvalue weighted by Crippen LogP contribution is -2.51. The molecule has 1 aromatic carbocycles. The van der Waals surface area contributed by atoms with Crippen LogP contribution in [0.3, 0.4) is 0 Å². The highest BCUT2D eigenvalue weighted by Crippen LogP contribution is 2.29. The molecule has 0 aliphatic carbocycles. The van der Waals surface area contributed by atoms with Crippen LogP contribution in [0.25, 0.3) is 11.0 Å². The summed E-state index contributed by atoms with van der Waals surface area (Å²) < 4.78 is 5.14. The fourth-order valence-electron chi connectivity index (χ4n) is 2.99. The predicted molar refractivity (Wildman–Crippen MR) is 110 cm³/mol. The van der Waals surface area contributed by atoms with Crippen molar-refractivity contribution in [2.75, 3.05) is 37.7 Å². The number of anilines is 1. The van der Waals surface area contributed by atoms with Crippen molar-refractivity contribution in [3.05, 3.63) is 27.9 Å². The Bertz CT molecular complexity index is 915. The molecule has 1 atom stereocenters. The van der Waals surface area contributed by atoms with Crippen molar-refractivity contribution in [2.45, 2.75) is 19.2 Å². The van der Waals surface area contributed by atoms with Gasteiger partial charge in [0.05, 0.1) is 27.7 Å². The lowest BCUT2D eigenvalue weighted by atomic mass is 10.2. The Morgan fingerprint density at radius 3 is 2.21 bits per heavy atom. The largest absolute Gasteiger partial charge is 0.461 e. The smallest absolute Gasteiger partial charge is 0.360 e. The van der Waals surface area contributed by atoms with Crippen LogP contribution in [0.4, 0.5) is 5.82 Å². The first-order valence-corrected chi connectivity index (χ1v) is 10.0. The van der Waals surface area contributed by atoms with Gasteiger partial charge in [0.15, 0.2) is 11.5 Å². The molecule has 0 radical (unpaired) electrons. The van der Waals surface area contributed by atoms with Crippen LogP contribution in [0.5, 0.6) is 0 Å². The number of nitrogens with zero attached hydrogens (tertiary/aromatic N) is 4. The van der Waals surface area contributed by atoms with Crippen molar-refractivity contribution in [3.8, 4) is 0 Å². The standard InChI is InChI=1S/C18H19Cl3N4O3/c1-3-28-18(27)15-16(23-14-9-12(21)11(20)8-13(14)22-15)24-4-6-25(7-5-24)17(26)10(2)19/h8-10H,3-7H2,1-2H3/t10-/m0/s1. The Kier molecular flexibility index (Phi) is 6.47. The summed E-state index contributed by atoms with van der Waals surface area (Å²) in [5, 5.41) is 0.104. The molecule has 0 N–H and O–H groups in total. The Hall–Kier alpha value is -1.83. The van der Waals surface area contributed by atoms with E-state index in [9.17, 15) is 9.59 Å². The van der Waals surface area contributed by atoms with Gasteiger partial charge in [-0.3, -0.25) is 4.79 Å². The third-order valence-corrected chi connectivity index (χ3v) is 5.30. The van der Waals surface area contributed by atoms with E-state index in [1.165, 1.54) is 0 Å². The average Bonchev–Trinajstić information content (AvgIpc) is 2.67. The van der Waals surface area contributed by atoms with Crippen molar-refractivity contribution in [1.29, 1.82) is 0 Å². The molecule has 0 bridgehead atoms. The van der Waals surface area contributed by atoms with Crippen LogP contribution in [-0.2, 0) is 9.53 Å². The fourth-order valence-corrected chi connectivity index (χ4v) is 3.44. The summed E-state index contributed by atoms with van der Waals surface area (Å²) in [5.41, 5.74) is 1.08. The van der Waals surface area contributed by atoms with E-state index >= 15 is 0 Å². The first-order chi connectivity index (χ1) is 13.3. The number of alkyl halides is 1. The van der Waals surface area contributed by atoms with Gasteiger partial charge in [-0.25, -0.2) is 14.8 Å². The molecular weight excluding hydrogens is 427 g/mol. The molecule has 28 heavy (non-hydrogen) atoms. The van der Waals surface area contributed by atoms with Gasteiger partial charge in [-0.05, 0) is 26.0 Å². The van der Waals surface area contributed by atoms with E-state index in [4.69, 9.17) is 39.5 Å². The second-order valence-electron chi connectivity index (χ2n) is 6.30. The molecule has 3 rings (SSSR count). The minimum atomic E-state index is -0.575. The number of hydrogen-bond acceptors (Lipinski definition) is 6. The number of aromatic nitrogens is 2. The van der Waals surface area contributed by atoms with E-state index in [0.29, 0.717) is 53.1 Å². The average molecular weight is 446 g/mol. The quantitative estimate of drug-likeness (QED) is 0.530.